The third-order valence-corrected chi connectivity index (χ3v) is 3.07. The van der Waals surface area contributed by atoms with Gasteiger partial charge < -0.3 is 10.2 Å². The summed E-state index contributed by atoms with van der Waals surface area (Å²) in [5.41, 5.74) is 2.35. The molecular formula is C12H17FN2. The third kappa shape index (κ3) is 2.19. The molecule has 1 aliphatic rings. The number of rotatable bonds is 1. The maximum absolute atomic E-state index is 13.2. The Labute approximate surface area is 90.1 Å². The van der Waals surface area contributed by atoms with Crippen molar-refractivity contribution in [1.29, 1.82) is 0 Å². The van der Waals surface area contributed by atoms with Crippen LogP contribution in [-0.2, 0) is 6.54 Å². The van der Waals surface area contributed by atoms with Gasteiger partial charge in [-0.15, -0.1) is 0 Å². The third-order valence-electron chi connectivity index (χ3n) is 3.07. The molecular weight excluding hydrogens is 191 g/mol. The van der Waals surface area contributed by atoms with Gasteiger partial charge in [0, 0.05) is 12.6 Å². The summed E-state index contributed by atoms with van der Waals surface area (Å²) in [7, 11) is 4.04. The summed E-state index contributed by atoms with van der Waals surface area (Å²) in [6.07, 6.45) is 1.03. The molecule has 2 nitrogen and oxygen atoms in total. The normalized spacial score (nSPS) is 22.2. The Morgan fingerprint density at radius 2 is 2.27 bits per heavy atom. The van der Waals surface area contributed by atoms with E-state index in [4.69, 9.17) is 0 Å². The number of benzene rings is 1. The smallest absolute Gasteiger partial charge is 0.123 e. The SMILES string of the molecule is CN[C@@H]1CCN(C)Cc2ccc(F)cc21. The molecule has 0 saturated heterocycles. The highest BCUT2D eigenvalue weighted by Gasteiger charge is 2.19. The van der Waals surface area contributed by atoms with E-state index in [0.29, 0.717) is 0 Å². The quantitative estimate of drug-likeness (QED) is 0.758. The van der Waals surface area contributed by atoms with Gasteiger partial charge in [-0.3, -0.25) is 0 Å². The van der Waals surface area contributed by atoms with E-state index in [9.17, 15) is 4.39 Å². The van der Waals surface area contributed by atoms with Gasteiger partial charge in [0.15, 0.2) is 0 Å². The van der Waals surface area contributed by atoms with Crippen molar-refractivity contribution in [2.45, 2.75) is 19.0 Å². The Balaban J connectivity index is 2.41. The van der Waals surface area contributed by atoms with Crippen LogP contribution in [0.3, 0.4) is 0 Å². The molecule has 1 atom stereocenters. The van der Waals surface area contributed by atoms with E-state index in [-0.39, 0.29) is 11.9 Å². The Hall–Kier alpha value is -0.930. The summed E-state index contributed by atoms with van der Waals surface area (Å²) in [5, 5.41) is 3.25. The lowest BCUT2D eigenvalue weighted by Crippen LogP contribution is -2.20. The van der Waals surface area contributed by atoms with Crippen molar-refractivity contribution in [3.63, 3.8) is 0 Å². The number of nitrogens with zero attached hydrogens (tertiary/aromatic N) is 1. The van der Waals surface area contributed by atoms with Gasteiger partial charge in [0.2, 0.25) is 0 Å². The molecule has 1 N–H and O–H groups in total. The van der Waals surface area contributed by atoms with Crippen LogP contribution in [0.1, 0.15) is 23.6 Å². The summed E-state index contributed by atoms with van der Waals surface area (Å²) >= 11 is 0. The molecule has 1 aromatic rings. The standard InChI is InChI=1S/C12H17FN2/c1-14-12-5-6-15(2)8-9-3-4-10(13)7-11(9)12/h3-4,7,12,14H,5-6,8H2,1-2H3/t12-/m1/s1. The lowest BCUT2D eigenvalue weighted by Gasteiger charge is -2.16. The van der Waals surface area contributed by atoms with E-state index in [1.54, 1.807) is 12.1 Å². The van der Waals surface area contributed by atoms with Crippen LogP contribution in [0.2, 0.25) is 0 Å². The molecule has 0 amide bonds. The van der Waals surface area contributed by atoms with Crippen LogP contribution in [0.4, 0.5) is 4.39 Å². The summed E-state index contributed by atoms with van der Waals surface area (Å²) in [4.78, 5) is 2.27. The van der Waals surface area contributed by atoms with Crippen molar-refractivity contribution in [2.24, 2.45) is 0 Å². The zero-order chi connectivity index (χ0) is 10.8. The van der Waals surface area contributed by atoms with Crippen molar-refractivity contribution in [1.82, 2.24) is 10.2 Å². The fourth-order valence-electron chi connectivity index (χ4n) is 2.21. The molecule has 82 valence electrons. The van der Waals surface area contributed by atoms with Crippen molar-refractivity contribution in [2.75, 3.05) is 20.6 Å². The highest BCUT2D eigenvalue weighted by molar-refractivity contribution is 5.31. The molecule has 0 aromatic heterocycles. The minimum atomic E-state index is -0.140. The summed E-state index contributed by atoms with van der Waals surface area (Å²) in [6.45, 7) is 1.95. The maximum atomic E-state index is 13.2. The molecule has 0 fully saturated rings. The molecule has 0 radical (unpaired) electrons. The largest absolute Gasteiger partial charge is 0.313 e. The monoisotopic (exact) mass is 208 g/mol. The maximum Gasteiger partial charge on any atom is 0.123 e. The molecule has 0 spiro atoms. The van der Waals surface area contributed by atoms with Crippen molar-refractivity contribution >= 4 is 0 Å². The Kier molecular flexibility index (Phi) is 3.03. The van der Waals surface area contributed by atoms with Gasteiger partial charge in [-0.2, -0.15) is 0 Å². The molecule has 1 aromatic carbocycles. The average Bonchev–Trinajstić information content (AvgIpc) is 2.37. The average molecular weight is 208 g/mol. The van der Waals surface area contributed by atoms with Crippen LogP contribution < -0.4 is 5.32 Å². The van der Waals surface area contributed by atoms with Crippen LogP contribution in [-0.4, -0.2) is 25.5 Å². The van der Waals surface area contributed by atoms with Crippen LogP contribution in [0, 0.1) is 5.82 Å². The Morgan fingerprint density at radius 3 is 3.00 bits per heavy atom. The second kappa shape index (κ2) is 4.29. The highest BCUT2D eigenvalue weighted by atomic mass is 19.1. The summed E-state index contributed by atoms with van der Waals surface area (Å²) in [6, 6.07) is 5.39. The second-order valence-electron chi connectivity index (χ2n) is 4.21. The van der Waals surface area contributed by atoms with Gasteiger partial charge in [-0.05, 0) is 50.3 Å². The molecule has 15 heavy (non-hydrogen) atoms. The molecule has 0 aliphatic carbocycles. The first-order valence-electron chi connectivity index (χ1n) is 5.35. The van der Waals surface area contributed by atoms with Crippen LogP contribution in [0.5, 0.6) is 0 Å². The highest BCUT2D eigenvalue weighted by Crippen LogP contribution is 2.26. The molecule has 3 heteroatoms. The zero-order valence-electron chi connectivity index (χ0n) is 9.26. The minimum Gasteiger partial charge on any atom is -0.313 e. The van der Waals surface area contributed by atoms with Crippen LogP contribution in [0.25, 0.3) is 0 Å². The first-order valence-corrected chi connectivity index (χ1v) is 5.35. The van der Waals surface area contributed by atoms with E-state index in [1.807, 2.05) is 13.1 Å². The van der Waals surface area contributed by atoms with Gasteiger partial charge in [0.05, 0.1) is 0 Å². The predicted octanol–water partition coefficient (Wildman–Crippen LogP) is 1.92. The first kappa shape index (κ1) is 10.6. The molecule has 1 aliphatic heterocycles. The van der Waals surface area contributed by atoms with Crippen molar-refractivity contribution in [3.05, 3.63) is 35.1 Å². The van der Waals surface area contributed by atoms with Crippen LogP contribution >= 0.6 is 0 Å². The minimum absolute atomic E-state index is 0.140. The first-order chi connectivity index (χ1) is 7.20. The van der Waals surface area contributed by atoms with Gasteiger partial charge in [0.25, 0.3) is 0 Å². The van der Waals surface area contributed by atoms with Gasteiger partial charge in [0.1, 0.15) is 5.82 Å². The predicted molar refractivity (Wildman–Crippen MR) is 59.2 cm³/mol. The van der Waals surface area contributed by atoms with E-state index in [0.717, 1.165) is 25.1 Å². The zero-order valence-corrected chi connectivity index (χ0v) is 9.26. The van der Waals surface area contributed by atoms with Gasteiger partial charge in [-0.25, -0.2) is 4.39 Å². The van der Waals surface area contributed by atoms with E-state index in [2.05, 4.69) is 17.3 Å². The molecule has 0 unspecified atom stereocenters. The Morgan fingerprint density at radius 1 is 1.47 bits per heavy atom. The van der Waals surface area contributed by atoms with Crippen LogP contribution in [0.15, 0.2) is 18.2 Å². The summed E-state index contributed by atoms with van der Waals surface area (Å²) < 4.78 is 13.2. The molecule has 1 heterocycles. The van der Waals surface area contributed by atoms with Crippen molar-refractivity contribution < 1.29 is 4.39 Å². The van der Waals surface area contributed by atoms with Gasteiger partial charge in [-0.1, -0.05) is 6.07 Å². The molecule has 0 saturated carbocycles. The van der Waals surface area contributed by atoms with Crippen molar-refractivity contribution in [3.8, 4) is 0 Å². The van der Waals surface area contributed by atoms with E-state index in [1.165, 1.54) is 5.56 Å². The topological polar surface area (TPSA) is 15.3 Å². The van der Waals surface area contributed by atoms with E-state index < -0.39 is 0 Å². The number of fused-ring (bicyclic) bond motifs is 1. The number of hydrogen-bond donors (Lipinski definition) is 1. The molecule has 2 rings (SSSR count). The lowest BCUT2D eigenvalue weighted by atomic mass is 9.99. The fraction of sp³-hybridized carbons (Fsp3) is 0.500. The second-order valence-corrected chi connectivity index (χ2v) is 4.21. The Bertz CT molecular complexity index is 351. The van der Waals surface area contributed by atoms with Gasteiger partial charge >= 0.3 is 0 Å². The number of halogens is 1. The fourth-order valence-corrected chi connectivity index (χ4v) is 2.21. The molecule has 0 bridgehead atoms. The lowest BCUT2D eigenvalue weighted by molar-refractivity contribution is 0.320. The summed E-state index contributed by atoms with van der Waals surface area (Å²) in [5.74, 6) is -0.140. The number of nitrogens with one attached hydrogen (secondary N) is 1. The number of hydrogen-bond acceptors (Lipinski definition) is 2. The van der Waals surface area contributed by atoms with E-state index >= 15 is 0 Å².